The van der Waals surface area contributed by atoms with Crippen molar-refractivity contribution in [3.8, 4) is 6.07 Å². The summed E-state index contributed by atoms with van der Waals surface area (Å²) in [5.41, 5.74) is 5.81. The van der Waals surface area contributed by atoms with Crippen LogP contribution < -0.4 is 11.1 Å². The van der Waals surface area contributed by atoms with Gasteiger partial charge in [0.25, 0.3) is 0 Å². The summed E-state index contributed by atoms with van der Waals surface area (Å²) in [6.45, 7) is 0.0980. The highest BCUT2D eigenvalue weighted by Gasteiger charge is 2.25. The van der Waals surface area contributed by atoms with Gasteiger partial charge in [0, 0.05) is 12.5 Å². The molecule has 0 aromatic rings. The number of hydrogen-bond donors (Lipinski definition) is 2. The summed E-state index contributed by atoms with van der Waals surface area (Å²) in [6.07, 6.45) is 3.66. The van der Waals surface area contributed by atoms with Crippen molar-refractivity contribution >= 4 is 5.91 Å². The first-order valence-electron chi connectivity index (χ1n) is 4.63. The Bertz CT molecular complexity index is 221. The van der Waals surface area contributed by atoms with Gasteiger partial charge in [-0.15, -0.1) is 0 Å². The Morgan fingerprint density at radius 3 is 2.92 bits per heavy atom. The van der Waals surface area contributed by atoms with E-state index in [0.29, 0.717) is 12.3 Å². The summed E-state index contributed by atoms with van der Waals surface area (Å²) < 4.78 is 0. The second-order valence-corrected chi connectivity index (χ2v) is 3.49. The highest BCUT2D eigenvalue weighted by molar-refractivity contribution is 5.76. The fourth-order valence-corrected chi connectivity index (χ4v) is 1.77. The largest absolute Gasteiger partial charge is 0.343 e. The van der Waals surface area contributed by atoms with Crippen LogP contribution in [0.25, 0.3) is 0 Å². The number of carbonyl (C=O) groups is 1. The summed E-state index contributed by atoms with van der Waals surface area (Å²) >= 11 is 0. The molecule has 0 radical (unpaired) electrons. The molecule has 0 aromatic carbocycles. The number of nitrogens with two attached hydrogens (primary N) is 1. The van der Waals surface area contributed by atoms with Crippen LogP contribution in [0.4, 0.5) is 0 Å². The minimum atomic E-state index is -0.0519. The van der Waals surface area contributed by atoms with Crippen LogP contribution in [-0.4, -0.2) is 18.5 Å². The first-order chi connectivity index (χ1) is 6.24. The number of rotatable bonds is 3. The molecule has 4 nitrogen and oxygen atoms in total. The highest BCUT2D eigenvalue weighted by atomic mass is 16.1. The third-order valence-electron chi connectivity index (χ3n) is 2.53. The molecule has 0 unspecified atom stereocenters. The Morgan fingerprint density at radius 1 is 1.62 bits per heavy atom. The van der Waals surface area contributed by atoms with Crippen molar-refractivity contribution in [2.24, 2.45) is 11.7 Å². The number of nitrogens with one attached hydrogen (secondary N) is 1. The zero-order valence-electron chi connectivity index (χ0n) is 7.62. The summed E-state index contributed by atoms with van der Waals surface area (Å²) in [5.74, 6) is 0.266. The summed E-state index contributed by atoms with van der Waals surface area (Å²) in [5, 5.41) is 10.8. The fourth-order valence-electron chi connectivity index (χ4n) is 1.77. The second kappa shape index (κ2) is 4.83. The van der Waals surface area contributed by atoms with E-state index in [4.69, 9.17) is 11.0 Å². The van der Waals surface area contributed by atoms with Gasteiger partial charge in [0.15, 0.2) is 0 Å². The van der Waals surface area contributed by atoms with E-state index in [1.54, 1.807) is 0 Å². The molecule has 3 N–H and O–H groups in total. The first kappa shape index (κ1) is 10.0. The molecule has 0 bridgehead atoms. The van der Waals surface area contributed by atoms with E-state index in [1.807, 2.05) is 6.07 Å². The molecule has 0 aliphatic heterocycles. The molecule has 13 heavy (non-hydrogen) atoms. The smallest absolute Gasteiger partial charge is 0.221 e. The van der Waals surface area contributed by atoms with Crippen LogP contribution >= 0.6 is 0 Å². The van der Waals surface area contributed by atoms with Crippen molar-refractivity contribution in [3.05, 3.63) is 0 Å². The maximum atomic E-state index is 11.2. The van der Waals surface area contributed by atoms with Gasteiger partial charge in [0.1, 0.15) is 6.54 Å². The summed E-state index contributed by atoms with van der Waals surface area (Å²) in [4.78, 5) is 11.2. The molecule has 4 heteroatoms. The van der Waals surface area contributed by atoms with E-state index in [-0.39, 0.29) is 18.5 Å². The lowest BCUT2D eigenvalue weighted by Gasteiger charge is -2.13. The van der Waals surface area contributed by atoms with Gasteiger partial charge < -0.3 is 11.1 Å². The van der Waals surface area contributed by atoms with Crippen LogP contribution in [0.5, 0.6) is 0 Å². The topological polar surface area (TPSA) is 78.9 Å². The van der Waals surface area contributed by atoms with Crippen LogP contribution in [0.3, 0.4) is 0 Å². The predicted molar refractivity (Wildman–Crippen MR) is 48.6 cm³/mol. The summed E-state index contributed by atoms with van der Waals surface area (Å²) in [7, 11) is 0. The van der Waals surface area contributed by atoms with Gasteiger partial charge in [0.2, 0.25) is 5.91 Å². The number of nitriles is 1. The number of hydrogen-bond acceptors (Lipinski definition) is 3. The predicted octanol–water partition coefficient (Wildman–Crippen LogP) is 0.144. The normalized spacial score (nSPS) is 26.8. The fraction of sp³-hybridized carbons (Fsp3) is 0.778. The number of nitrogens with zero attached hydrogens (tertiary/aromatic N) is 1. The number of carbonyl (C=O) groups excluding carboxylic acids is 1. The Kier molecular flexibility index (Phi) is 3.71. The van der Waals surface area contributed by atoms with Crippen molar-refractivity contribution in [1.29, 1.82) is 5.26 Å². The van der Waals surface area contributed by atoms with Crippen LogP contribution in [-0.2, 0) is 4.79 Å². The van der Waals surface area contributed by atoms with Crippen LogP contribution in [0.15, 0.2) is 0 Å². The third-order valence-corrected chi connectivity index (χ3v) is 2.53. The molecule has 1 fully saturated rings. The van der Waals surface area contributed by atoms with Gasteiger partial charge >= 0.3 is 0 Å². The third kappa shape index (κ3) is 3.03. The lowest BCUT2D eigenvalue weighted by molar-refractivity contribution is -0.121. The van der Waals surface area contributed by atoms with E-state index < -0.39 is 0 Å². The first-order valence-corrected chi connectivity index (χ1v) is 4.63. The Morgan fingerprint density at radius 2 is 2.38 bits per heavy atom. The lowest BCUT2D eigenvalue weighted by atomic mass is 10.00. The van der Waals surface area contributed by atoms with Crippen molar-refractivity contribution in [3.63, 3.8) is 0 Å². The van der Waals surface area contributed by atoms with Crippen molar-refractivity contribution in [1.82, 2.24) is 5.32 Å². The molecule has 0 heterocycles. The Labute approximate surface area is 78.1 Å². The minimum Gasteiger partial charge on any atom is -0.343 e. The Hall–Kier alpha value is -1.08. The highest BCUT2D eigenvalue weighted by Crippen LogP contribution is 2.26. The van der Waals surface area contributed by atoms with Crippen molar-refractivity contribution < 1.29 is 4.79 Å². The zero-order chi connectivity index (χ0) is 9.68. The molecule has 0 aromatic heterocycles. The monoisotopic (exact) mass is 181 g/mol. The van der Waals surface area contributed by atoms with Gasteiger partial charge in [-0.05, 0) is 18.8 Å². The molecule has 2 atom stereocenters. The molecular formula is C9H15N3O. The SMILES string of the molecule is N#CCNC(=O)C[C@@H]1CCC[C@H]1N. The van der Waals surface area contributed by atoms with E-state index in [1.165, 1.54) is 0 Å². The van der Waals surface area contributed by atoms with E-state index in [0.717, 1.165) is 19.3 Å². The second-order valence-electron chi connectivity index (χ2n) is 3.49. The van der Waals surface area contributed by atoms with Crippen LogP contribution in [0, 0.1) is 17.2 Å². The maximum absolute atomic E-state index is 11.2. The average Bonchev–Trinajstić information content (AvgIpc) is 2.48. The molecule has 1 rings (SSSR count). The van der Waals surface area contributed by atoms with E-state index >= 15 is 0 Å². The Balaban J connectivity index is 2.24. The standard InChI is InChI=1S/C9H15N3O/c10-4-5-12-9(13)6-7-2-1-3-8(7)11/h7-8H,1-3,5-6,11H2,(H,12,13)/t7-,8+/m0/s1. The van der Waals surface area contributed by atoms with Gasteiger partial charge in [0.05, 0.1) is 6.07 Å². The quantitative estimate of drug-likeness (QED) is 0.608. The van der Waals surface area contributed by atoms with Gasteiger partial charge in [-0.25, -0.2) is 0 Å². The molecule has 1 saturated carbocycles. The van der Waals surface area contributed by atoms with E-state index in [9.17, 15) is 4.79 Å². The van der Waals surface area contributed by atoms with E-state index in [2.05, 4.69) is 5.32 Å². The molecule has 1 amide bonds. The van der Waals surface area contributed by atoms with Crippen LogP contribution in [0.2, 0.25) is 0 Å². The van der Waals surface area contributed by atoms with Gasteiger partial charge in [-0.1, -0.05) is 6.42 Å². The van der Waals surface area contributed by atoms with Crippen molar-refractivity contribution in [2.45, 2.75) is 31.7 Å². The van der Waals surface area contributed by atoms with Crippen molar-refractivity contribution in [2.75, 3.05) is 6.54 Å². The molecule has 1 aliphatic carbocycles. The zero-order valence-corrected chi connectivity index (χ0v) is 7.62. The lowest BCUT2D eigenvalue weighted by Crippen LogP contribution is -2.31. The average molecular weight is 181 g/mol. The van der Waals surface area contributed by atoms with Gasteiger partial charge in [-0.3, -0.25) is 4.79 Å². The minimum absolute atomic E-state index is 0.0519. The molecular weight excluding hydrogens is 166 g/mol. The molecule has 72 valence electrons. The van der Waals surface area contributed by atoms with Crippen LogP contribution in [0.1, 0.15) is 25.7 Å². The summed E-state index contributed by atoms with van der Waals surface area (Å²) in [6, 6.07) is 2.05. The maximum Gasteiger partial charge on any atom is 0.221 e. The molecule has 0 spiro atoms. The molecule has 0 saturated heterocycles. The number of amides is 1. The van der Waals surface area contributed by atoms with Gasteiger partial charge in [-0.2, -0.15) is 5.26 Å². The molecule has 1 aliphatic rings.